The van der Waals surface area contributed by atoms with Gasteiger partial charge in [0, 0.05) is 44.4 Å². The molecule has 2 atom stereocenters. The minimum absolute atomic E-state index is 0.0576. The van der Waals surface area contributed by atoms with E-state index in [1.807, 2.05) is 45.3 Å². The fourth-order valence-electron chi connectivity index (χ4n) is 3.53. The van der Waals surface area contributed by atoms with Gasteiger partial charge < -0.3 is 25.0 Å². The molecule has 2 aromatic heterocycles. The van der Waals surface area contributed by atoms with Crippen LogP contribution in [0.15, 0.2) is 24.4 Å². The molecular weight excluding hydrogens is 384 g/mol. The fourth-order valence-corrected chi connectivity index (χ4v) is 3.53. The Morgan fingerprint density at radius 3 is 2.87 bits per heavy atom. The third-order valence-corrected chi connectivity index (χ3v) is 5.18. The van der Waals surface area contributed by atoms with Gasteiger partial charge in [0.2, 0.25) is 0 Å². The summed E-state index contributed by atoms with van der Waals surface area (Å²) in [5, 5.41) is 13.5. The van der Waals surface area contributed by atoms with Crippen molar-refractivity contribution in [2.45, 2.75) is 51.2 Å². The van der Waals surface area contributed by atoms with Crippen LogP contribution in [-0.4, -0.2) is 60.7 Å². The molecule has 164 valence electrons. The van der Waals surface area contributed by atoms with Crippen LogP contribution in [0.2, 0.25) is 0 Å². The molecule has 2 heterocycles. The lowest BCUT2D eigenvalue weighted by molar-refractivity contribution is 0.0981. The number of anilines is 3. The number of aromatic amines is 1. The molecule has 0 radical (unpaired) electrons. The Kier molecular flexibility index (Phi) is 7.51. The van der Waals surface area contributed by atoms with Crippen LogP contribution in [-0.2, 0) is 9.47 Å². The maximum atomic E-state index is 11.8. The molecule has 3 N–H and O–H groups in total. The molecule has 2 unspecified atom stereocenters. The number of likely N-dealkylation sites (N-methyl/N-ethyl adjacent to an activating group) is 1. The summed E-state index contributed by atoms with van der Waals surface area (Å²) in [6.07, 6.45) is 4.04. The number of H-pyrrole nitrogens is 1. The highest BCUT2D eigenvalue weighted by Gasteiger charge is 2.30. The van der Waals surface area contributed by atoms with E-state index in [4.69, 9.17) is 9.47 Å². The summed E-state index contributed by atoms with van der Waals surface area (Å²) in [6, 6.07) is 6.02. The van der Waals surface area contributed by atoms with E-state index < -0.39 is 0 Å². The molecule has 0 saturated heterocycles. The van der Waals surface area contributed by atoms with Gasteiger partial charge in [0.25, 0.3) is 0 Å². The predicted octanol–water partition coefficient (Wildman–Crippen LogP) is 3.40. The third kappa shape index (κ3) is 6.09. The molecule has 1 amide bonds. The molecule has 2 aromatic rings. The number of methoxy groups -OCH3 is 1. The Hall–Kier alpha value is -2.81. The van der Waals surface area contributed by atoms with Crippen LogP contribution >= 0.6 is 0 Å². The zero-order valence-corrected chi connectivity index (χ0v) is 18.1. The number of aromatic nitrogens is 3. The van der Waals surface area contributed by atoms with Crippen molar-refractivity contribution in [1.82, 2.24) is 20.5 Å². The highest BCUT2D eigenvalue weighted by atomic mass is 16.6. The fraction of sp³-hybridized carbons (Fsp3) is 0.571. The maximum absolute atomic E-state index is 11.8. The number of hydrogen-bond donors (Lipinski definition) is 3. The molecule has 3 rings (SSSR count). The average molecular weight is 417 g/mol. The highest BCUT2D eigenvalue weighted by molar-refractivity contribution is 5.67. The number of hydrogen-bond acceptors (Lipinski definition) is 7. The van der Waals surface area contributed by atoms with Crippen LogP contribution < -0.4 is 15.5 Å². The van der Waals surface area contributed by atoms with Gasteiger partial charge in [-0.3, -0.25) is 5.10 Å². The number of nitrogens with zero attached hydrogens (tertiary/aromatic N) is 3. The van der Waals surface area contributed by atoms with E-state index in [0.717, 1.165) is 48.8 Å². The summed E-state index contributed by atoms with van der Waals surface area (Å²) in [4.78, 5) is 18.4. The zero-order valence-electron chi connectivity index (χ0n) is 18.1. The van der Waals surface area contributed by atoms with Gasteiger partial charge in [0.05, 0.1) is 18.5 Å². The lowest BCUT2D eigenvalue weighted by Crippen LogP contribution is -2.33. The Labute approximate surface area is 177 Å². The number of carbonyl (C=O) groups excluding carboxylic acids is 1. The van der Waals surface area contributed by atoms with Crippen molar-refractivity contribution >= 4 is 23.4 Å². The van der Waals surface area contributed by atoms with Crippen LogP contribution in [0.3, 0.4) is 0 Å². The molecular formula is C21H32N6O3. The number of carbonyl (C=O) groups is 1. The van der Waals surface area contributed by atoms with Crippen molar-refractivity contribution in [2.24, 2.45) is 0 Å². The Morgan fingerprint density at radius 1 is 1.33 bits per heavy atom. The van der Waals surface area contributed by atoms with Crippen molar-refractivity contribution < 1.29 is 14.3 Å². The topological polar surface area (TPSA) is 104 Å². The third-order valence-electron chi connectivity index (χ3n) is 5.18. The van der Waals surface area contributed by atoms with Gasteiger partial charge in [-0.1, -0.05) is 0 Å². The minimum atomic E-state index is -0.343. The van der Waals surface area contributed by atoms with Crippen LogP contribution in [0, 0.1) is 0 Å². The van der Waals surface area contributed by atoms with E-state index in [1.165, 1.54) is 0 Å². The van der Waals surface area contributed by atoms with E-state index >= 15 is 0 Å². The van der Waals surface area contributed by atoms with E-state index in [2.05, 4.69) is 30.7 Å². The van der Waals surface area contributed by atoms with Crippen molar-refractivity contribution in [3.05, 3.63) is 30.1 Å². The SMILES string of the molecule is COCCN(C)c1ccc(Nc2cc(C3CCC(OC(=O)NC(C)C)C3)[nH]n2)nc1. The summed E-state index contributed by atoms with van der Waals surface area (Å²) in [5.74, 6) is 1.75. The molecule has 30 heavy (non-hydrogen) atoms. The summed E-state index contributed by atoms with van der Waals surface area (Å²) < 4.78 is 10.6. The number of rotatable bonds is 9. The molecule has 1 aliphatic carbocycles. The number of nitrogens with one attached hydrogen (secondary N) is 3. The largest absolute Gasteiger partial charge is 0.446 e. The molecule has 1 saturated carbocycles. The Balaban J connectivity index is 1.51. The molecule has 1 aliphatic rings. The Bertz CT molecular complexity index is 807. The predicted molar refractivity (Wildman–Crippen MR) is 116 cm³/mol. The second kappa shape index (κ2) is 10.3. The number of ether oxygens (including phenoxy) is 2. The highest BCUT2D eigenvalue weighted by Crippen LogP contribution is 2.36. The molecule has 0 aliphatic heterocycles. The smallest absolute Gasteiger partial charge is 0.407 e. The summed E-state index contributed by atoms with van der Waals surface area (Å²) in [7, 11) is 3.70. The number of amides is 1. The van der Waals surface area contributed by atoms with Gasteiger partial charge in [-0.15, -0.1) is 0 Å². The first kappa shape index (κ1) is 21.9. The van der Waals surface area contributed by atoms with Gasteiger partial charge in [0.1, 0.15) is 11.9 Å². The van der Waals surface area contributed by atoms with Crippen LogP contribution in [0.5, 0.6) is 0 Å². The standard InChI is InChI=1S/C21H32N6O3/c1-14(2)23-21(28)30-17-7-5-15(11-17)18-12-20(26-25-18)24-19-8-6-16(13-22-19)27(3)9-10-29-4/h6,8,12-15,17H,5,7,9-11H2,1-4H3,(H,23,28)(H2,22,24,25,26). The van der Waals surface area contributed by atoms with Gasteiger partial charge in [-0.25, -0.2) is 9.78 Å². The molecule has 0 bridgehead atoms. The monoisotopic (exact) mass is 416 g/mol. The second-order valence-electron chi connectivity index (χ2n) is 7.99. The van der Waals surface area contributed by atoms with Crippen molar-refractivity contribution in [3.63, 3.8) is 0 Å². The maximum Gasteiger partial charge on any atom is 0.407 e. The van der Waals surface area contributed by atoms with Gasteiger partial charge in [0.15, 0.2) is 5.82 Å². The van der Waals surface area contributed by atoms with Crippen LogP contribution in [0.25, 0.3) is 0 Å². The van der Waals surface area contributed by atoms with E-state index in [9.17, 15) is 4.79 Å². The lowest BCUT2D eigenvalue weighted by Gasteiger charge is -2.18. The Morgan fingerprint density at radius 2 is 2.17 bits per heavy atom. The first-order valence-electron chi connectivity index (χ1n) is 10.4. The van der Waals surface area contributed by atoms with Crippen molar-refractivity contribution in [2.75, 3.05) is 37.5 Å². The van der Waals surface area contributed by atoms with Crippen LogP contribution in [0.1, 0.15) is 44.7 Å². The molecule has 0 spiro atoms. The average Bonchev–Trinajstić information content (AvgIpc) is 3.35. The number of pyridine rings is 1. The van der Waals surface area contributed by atoms with Gasteiger partial charge in [-0.2, -0.15) is 5.10 Å². The first-order valence-corrected chi connectivity index (χ1v) is 10.4. The summed E-state index contributed by atoms with van der Waals surface area (Å²) in [6.45, 7) is 5.31. The van der Waals surface area contributed by atoms with E-state index in [1.54, 1.807) is 7.11 Å². The normalized spacial score (nSPS) is 18.4. The molecule has 9 heteroatoms. The minimum Gasteiger partial charge on any atom is -0.446 e. The van der Waals surface area contributed by atoms with Crippen LogP contribution in [0.4, 0.5) is 22.1 Å². The molecule has 0 aromatic carbocycles. The lowest BCUT2D eigenvalue weighted by atomic mass is 10.0. The first-order chi connectivity index (χ1) is 14.4. The second-order valence-corrected chi connectivity index (χ2v) is 7.99. The van der Waals surface area contributed by atoms with Gasteiger partial charge in [-0.05, 0) is 45.2 Å². The summed E-state index contributed by atoms with van der Waals surface area (Å²) in [5.41, 5.74) is 2.07. The zero-order chi connectivity index (χ0) is 21.5. The van der Waals surface area contributed by atoms with E-state index in [0.29, 0.717) is 12.5 Å². The van der Waals surface area contributed by atoms with Crippen molar-refractivity contribution in [3.8, 4) is 0 Å². The number of alkyl carbamates (subject to hydrolysis) is 1. The van der Waals surface area contributed by atoms with Crippen molar-refractivity contribution in [1.29, 1.82) is 0 Å². The summed E-state index contributed by atoms with van der Waals surface area (Å²) >= 11 is 0. The van der Waals surface area contributed by atoms with Gasteiger partial charge >= 0.3 is 6.09 Å². The quantitative estimate of drug-likeness (QED) is 0.575. The molecule has 1 fully saturated rings. The molecule has 9 nitrogen and oxygen atoms in total. The van der Waals surface area contributed by atoms with E-state index in [-0.39, 0.29) is 18.2 Å².